The Morgan fingerprint density at radius 3 is 2.63 bits per heavy atom. The van der Waals surface area contributed by atoms with Gasteiger partial charge in [0.1, 0.15) is 0 Å². The van der Waals surface area contributed by atoms with Crippen molar-refractivity contribution in [3.8, 4) is 0 Å². The highest BCUT2D eigenvalue weighted by molar-refractivity contribution is 8.00. The summed E-state index contributed by atoms with van der Waals surface area (Å²) in [7, 11) is 0. The predicted molar refractivity (Wildman–Crippen MR) is 111 cm³/mol. The van der Waals surface area contributed by atoms with Gasteiger partial charge >= 0.3 is 0 Å². The van der Waals surface area contributed by atoms with Gasteiger partial charge in [-0.15, -0.1) is 11.8 Å². The van der Waals surface area contributed by atoms with Crippen molar-refractivity contribution in [2.24, 2.45) is 0 Å². The van der Waals surface area contributed by atoms with E-state index < -0.39 is 0 Å². The van der Waals surface area contributed by atoms with Gasteiger partial charge in [-0.3, -0.25) is 9.59 Å². The molecule has 142 valence electrons. The lowest BCUT2D eigenvalue weighted by Gasteiger charge is -2.26. The van der Waals surface area contributed by atoms with Crippen LogP contribution in [0.15, 0.2) is 53.4 Å². The summed E-state index contributed by atoms with van der Waals surface area (Å²) in [6.07, 6.45) is 1.13. The molecule has 6 heteroatoms. The maximum Gasteiger partial charge on any atom is 0.229 e. The van der Waals surface area contributed by atoms with E-state index in [1.807, 2.05) is 35.2 Å². The minimum Gasteiger partial charge on any atom is -0.349 e. The normalized spacial score (nSPS) is 17.6. The molecule has 0 saturated carbocycles. The van der Waals surface area contributed by atoms with E-state index in [1.54, 1.807) is 23.9 Å². The van der Waals surface area contributed by atoms with Crippen LogP contribution >= 0.6 is 23.4 Å². The molecule has 0 fully saturated rings. The van der Waals surface area contributed by atoms with Crippen molar-refractivity contribution < 1.29 is 9.59 Å². The molecule has 2 atom stereocenters. The minimum atomic E-state index is -0.382. The molecule has 2 aromatic carbocycles. The second-order valence-electron chi connectivity index (χ2n) is 6.74. The number of benzene rings is 2. The molecule has 27 heavy (non-hydrogen) atoms. The van der Waals surface area contributed by atoms with Crippen LogP contribution < -0.4 is 10.2 Å². The molecular weight excluding hydrogens is 380 g/mol. The van der Waals surface area contributed by atoms with Crippen LogP contribution in [0.25, 0.3) is 0 Å². The molecule has 0 bridgehead atoms. The molecule has 3 rings (SSSR count). The van der Waals surface area contributed by atoms with Crippen LogP contribution in [0.3, 0.4) is 0 Å². The maximum atomic E-state index is 13.2. The molecule has 1 aliphatic heterocycles. The Bertz CT molecular complexity index is 825. The number of hydrogen-bond acceptors (Lipinski definition) is 3. The number of halogens is 1. The van der Waals surface area contributed by atoms with Gasteiger partial charge in [0.05, 0.1) is 18.2 Å². The lowest BCUT2D eigenvalue weighted by molar-refractivity contribution is -0.121. The van der Waals surface area contributed by atoms with Crippen LogP contribution in [-0.2, 0) is 9.59 Å². The summed E-state index contributed by atoms with van der Waals surface area (Å²) in [6, 6.07) is 14.9. The molecule has 0 saturated heterocycles. The number of nitrogens with one attached hydrogen (secondary N) is 1. The fourth-order valence-electron chi connectivity index (χ4n) is 3.22. The topological polar surface area (TPSA) is 49.4 Å². The first-order chi connectivity index (χ1) is 12.9. The van der Waals surface area contributed by atoms with E-state index in [4.69, 9.17) is 11.6 Å². The quantitative estimate of drug-likeness (QED) is 0.797. The smallest absolute Gasteiger partial charge is 0.229 e. The first kappa shape index (κ1) is 19.8. The van der Waals surface area contributed by atoms with Gasteiger partial charge < -0.3 is 10.2 Å². The van der Waals surface area contributed by atoms with Crippen molar-refractivity contribution in [1.82, 2.24) is 5.32 Å². The van der Waals surface area contributed by atoms with Gasteiger partial charge in [0.2, 0.25) is 11.8 Å². The van der Waals surface area contributed by atoms with Crippen molar-refractivity contribution >= 4 is 40.9 Å². The third-order valence-corrected chi connectivity index (χ3v) is 6.06. The zero-order valence-electron chi connectivity index (χ0n) is 15.4. The van der Waals surface area contributed by atoms with E-state index in [1.165, 1.54) is 6.92 Å². The van der Waals surface area contributed by atoms with E-state index in [0.29, 0.717) is 16.8 Å². The summed E-state index contributed by atoms with van der Waals surface area (Å²) < 4.78 is 0. The standard InChI is InChI=1S/C21H23ClN2O2S/c1-14-11-12-24(19-5-3-4-6-20(19)27-14)21(26)13-18(23-15(2)25)16-7-9-17(22)10-8-16/h3-10,14,18H,11-13H2,1-2H3,(H,23,25)/t14-,18+/m0/s1. The number of rotatable bonds is 4. The van der Waals surface area contributed by atoms with Gasteiger partial charge in [-0.05, 0) is 36.2 Å². The molecule has 2 amide bonds. The van der Waals surface area contributed by atoms with Crippen LogP contribution in [-0.4, -0.2) is 23.6 Å². The average Bonchev–Trinajstić information content (AvgIpc) is 2.79. The first-order valence-corrected chi connectivity index (χ1v) is 10.3. The number of anilines is 1. The predicted octanol–water partition coefficient (Wildman–Crippen LogP) is 4.82. The van der Waals surface area contributed by atoms with E-state index in [0.717, 1.165) is 22.6 Å². The van der Waals surface area contributed by atoms with E-state index in [-0.39, 0.29) is 24.3 Å². The van der Waals surface area contributed by atoms with Crippen molar-refractivity contribution in [1.29, 1.82) is 0 Å². The molecule has 0 aliphatic carbocycles. The molecule has 1 aliphatic rings. The molecule has 2 aromatic rings. The van der Waals surface area contributed by atoms with Crippen molar-refractivity contribution in [3.05, 3.63) is 59.1 Å². The second-order valence-corrected chi connectivity index (χ2v) is 8.66. The number of amides is 2. The fraction of sp³-hybridized carbons (Fsp3) is 0.333. The molecule has 4 nitrogen and oxygen atoms in total. The molecule has 0 aromatic heterocycles. The molecular formula is C21H23ClN2O2S. The zero-order chi connectivity index (χ0) is 19.4. The third kappa shape index (κ3) is 5.05. The Morgan fingerprint density at radius 1 is 1.22 bits per heavy atom. The summed E-state index contributed by atoms with van der Waals surface area (Å²) in [5.74, 6) is -0.158. The monoisotopic (exact) mass is 402 g/mol. The Hall–Kier alpha value is -1.98. The zero-order valence-corrected chi connectivity index (χ0v) is 17.0. The molecule has 1 heterocycles. The van der Waals surface area contributed by atoms with E-state index >= 15 is 0 Å². The first-order valence-electron chi connectivity index (χ1n) is 9.02. The number of fused-ring (bicyclic) bond motifs is 1. The van der Waals surface area contributed by atoms with Crippen molar-refractivity contribution in [2.45, 2.75) is 42.9 Å². The number of nitrogens with zero attached hydrogens (tertiary/aromatic N) is 1. The number of para-hydroxylation sites is 1. The maximum absolute atomic E-state index is 13.2. The largest absolute Gasteiger partial charge is 0.349 e. The lowest BCUT2D eigenvalue weighted by Crippen LogP contribution is -2.36. The van der Waals surface area contributed by atoms with Gasteiger partial charge in [-0.2, -0.15) is 0 Å². The Labute approximate surface area is 169 Å². The average molecular weight is 403 g/mol. The minimum absolute atomic E-state index is 0.00542. The fourth-order valence-corrected chi connectivity index (χ4v) is 4.46. The van der Waals surface area contributed by atoms with Gasteiger partial charge in [-0.1, -0.05) is 42.8 Å². The Balaban J connectivity index is 1.85. The summed E-state index contributed by atoms with van der Waals surface area (Å²) in [5, 5.41) is 3.97. The Kier molecular flexibility index (Phi) is 6.45. The van der Waals surface area contributed by atoms with Gasteiger partial charge in [-0.25, -0.2) is 0 Å². The summed E-state index contributed by atoms with van der Waals surface area (Å²) >= 11 is 7.78. The van der Waals surface area contributed by atoms with E-state index in [2.05, 4.69) is 18.3 Å². The number of carbonyl (C=O) groups is 2. The van der Waals surface area contributed by atoms with Crippen molar-refractivity contribution in [3.63, 3.8) is 0 Å². The van der Waals surface area contributed by atoms with Gasteiger partial charge in [0, 0.05) is 28.6 Å². The molecule has 0 radical (unpaired) electrons. The molecule has 1 N–H and O–H groups in total. The molecule has 0 spiro atoms. The van der Waals surface area contributed by atoms with Gasteiger partial charge in [0.15, 0.2) is 0 Å². The summed E-state index contributed by atoms with van der Waals surface area (Å²) in [4.78, 5) is 27.9. The highest BCUT2D eigenvalue weighted by Crippen LogP contribution is 2.38. The van der Waals surface area contributed by atoms with E-state index in [9.17, 15) is 9.59 Å². The summed E-state index contributed by atoms with van der Waals surface area (Å²) in [6.45, 7) is 4.33. The highest BCUT2D eigenvalue weighted by atomic mass is 35.5. The van der Waals surface area contributed by atoms with Crippen LogP contribution in [0, 0.1) is 0 Å². The number of hydrogen-bond donors (Lipinski definition) is 1. The van der Waals surface area contributed by atoms with Crippen LogP contribution in [0.2, 0.25) is 5.02 Å². The third-order valence-electron chi connectivity index (χ3n) is 4.57. The van der Waals surface area contributed by atoms with Crippen LogP contribution in [0.1, 0.15) is 38.3 Å². The van der Waals surface area contributed by atoms with Gasteiger partial charge in [0.25, 0.3) is 0 Å². The number of carbonyl (C=O) groups excluding carboxylic acids is 2. The number of thioether (sulfide) groups is 1. The second kappa shape index (κ2) is 8.81. The van der Waals surface area contributed by atoms with Crippen LogP contribution in [0.4, 0.5) is 5.69 Å². The van der Waals surface area contributed by atoms with Crippen LogP contribution in [0.5, 0.6) is 0 Å². The lowest BCUT2D eigenvalue weighted by atomic mass is 10.0. The molecule has 0 unspecified atom stereocenters. The SMILES string of the molecule is CC(=O)N[C@H](CC(=O)N1CC[C@H](C)Sc2ccccc21)c1ccc(Cl)cc1. The van der Waals surface area contributed by atoms with Crippen molar-refractivity contribution in [2.75, 3.05) is 11.4 Å². The highest BCUT2D eigenvalue weighted by Gasteiger charge is 2.26. The Morgan fingerprint density at radius 2 is 1.93 bits per heavy atom. The summed E-state index contributed by atoms with van der Waals surface area (Å²) in [5.41, 5.74) is 1.82.